The summed E-state index contributed by atoms with van der Waals surface area (Å²) in [6.07, 6.45) is 0.906. The molecule has 12 heteroatoms. The smallest absolute Gasteiger partial charge is 0.312 e. The van der Waals surface area contributed by atoms with E-state index in [1.165, 1.54) is 0 Å². The zero-order valence-corrected chi connectivity index (χ0v) is 21.2. The van der Waals surface area contributed by atoms with Crippen LogP contribution in [-0.4, -0.2) is 45.5 Å². The molecule has 0 bridgehead atoms. The van der Waals surface area contributed by atoms with Crippen LogP contribution in [0.15, 0.2) is 12.1 Å². The van der Waals surface area contributed by atoms with Gasteiger partial charge in [0.25, 0.3) is 0 Å². The summed E-state index contributed by atoms with van der Waals surface area (Å²) in [4.78, 5) is 24.2. The lowest BCUT2D eigenvalue weighted by Crippen LogP contribution is -2.32. The fourth-order valence-corrected chi connectivity index (χ4v) is 6.12. The quantitative estimate of drug-likeness (QED) is 0.306. The van der Waals surface area contributed by atoms with Crippen molar-refractivity contribution in [3.05, 3.63) is 44.3 Å². The number of Topliss-reactive ketones (excluding diaryl/α,β-unsaturated/α-hetero) is 1. The summed E-state index contributed by atoms with van der Waals surface area (Å²) in [5, 5.41) is 0. The summed E-state index contributed by atoms with van der Waals surface area (Å²) in [6.45, 7) is 3.76. The second kappa shape index (κ2) is 9.22. The molecule has 1 aromatic carbocycles. The van der Waals surface area contributed by atoms with Gasteiger partial charge in [-0.25, -0.2) is 18.1 Å². The second-order valence-electron chi connectivity index (χ2n) is 8.38. The number of imidazole rings is 1. The molecule has 0 aliphatic heterocycles. The molecule has 0 saturated heterocycles. The van der Waals surface area contributed by atoms with Crippen molar-refractivity contribution in [3.63, 3.8) is 0 Å². The number of anilines is 1. The van der Waals surface area contributed by atoms with Gasteiger partial charge in [0.1, 0.15) is 5.82 Å². The number of nitrogens with one attached hydrogen (secondary N) is 1. The van der Waals surface area contributed by atoms with Gasteiger partial charge >= 0.3 is 6.08 Å². The third-order valence-electron chi connectivity index (χ3n) is 5.43. The average molecular weight is 586 g/mol. The first kappa shape index (κ1) is 24.0. The molecule has 3 aromatic rings. The molecule has 9 nitrogen and oxygen atoms in total. The third-order valence-corrected chi connectivity index (χ3v) is 8.09. The molecule has 1 aliphatic carbocycles. The number of ketones is 1. The maximum Gasteiger partial charge on any atom is 0.312 e. The number of carbonyl (C=O) groups is 1. The van der Waals surface area contributed by atoms with E-state index in [4.69, 9.17) is 5.73 Å². The Morgan fingerprint density at radius 2 is 2.00 bits per heavy atom. The Bertz CT molecular complexity index is 1360. The van der Waals surface area contributed by atoms with E-state index in [1.54, 1.807) is 18.4 Å². The van der Waals surface area contributed by atoms with Gasteiger partial charge in [-0.05, 0) is 72.5 Å². The number of aromatic nitrogens is 4. The van der Waals surface area contributed by atoms with Crippen molar-refractivity contribution in [1.82, 2.24) is 24.2 Å². The van der Waals surface area contributed by atoms with Crippen molar-refractivity contribution in [2.45, 2.75) is 52.1 Å². The molecule has 0 radical (unpaired) electrons. The molecule has 176 valence electrons. The largest absolute Gasteiger partial charge is 0.382 e. The highest BCUT2D eigenvalue weighted by atomic mass is 127. The first-order valence-corrected chi connectivity index (χ1v) is 13.3. The summed E-state index contributed by atoms with van der Waals surface area (Å²) < 4.78 is 43.6. The van der Waals surface area contributed by atoms with Crippen LogP contribution in [0, 0.1) is 9.65 Å². The van der Waals surface area contributed by atoms with Crippen LogP contribution < -0.4 is 10.5 Å². The van der Waals surface area contributed by atoms with Crippen molar-refractivity contribution in [2.24, 2.45) is 0 Å². The van der Waals surface area contributed by atoms with Crippen LogP contribution in [0.4, 0.5) is 10.2 Å². The highest BCUT2D eigenvalue weighted by molar-refractivity contribution is 14.1. The van der Waals surface area contributed by atoms with Gasteiger partial charge in [-0.3, -0.25) is 4.79 Å². The summed E-state index contributed by atoms with van der Waals surface area (Å²) in [5.41, 5.74) is 9.05. The Morgan fingerprint density at radius 3 is 2.73 bits per heavy atom. The number of hydrogen-bond acceptors (Lipinski definition) is 7. The van der Waals surface area contributed by atoms with Crippen molar-refractivity contribution in [3.8, 4) is 0 Å². The van der Waals surface area contributed by atoms with Gasteiger partial charge in [-0.1, -0.05) is 0 Å². The molecule has 33 heavy (non-hydrogen) atoms. The van der Waals surface area contributed by atoms with E-state index >= 15 is 0 Å². The maximum atomic E-state index is 13.9. The SMILES string of the molecule is CC(C)NS(=O)(=O)CCCn1c(Cc2cc3c(cc2I)CCC3=O)nc2c(N)nc(F)nc21. The molecule has 2 aromatic heterocycles. The lowest BCUT2D eigenvalue weighted by molar-refractivity contribution is 0.0994. The lowest BCUT2D eigenvalue weighted by atomic mass is 10.0. The molecule has 0 unspecified atom stereocenters. The van der Waals surface area contributed by atoms with Crippen LogP contribution in [0.5, 0.6) is 0 Å². The molecule has 0 spiro atoms. The van der Waals surface area contributed by atoms with Crippen LogP contribution in [0.25, 0.3) is 11.2 Å². The number of carbonyl (C=O) groups excluding carboxylic acids is 1. The zero-order chi connectivity index (χ0) is 23.9. The van der Waals surface area contributed by atoms with E-state index < -0.39 is 16.1 Å². The number of fused-ring (bicyclic) bond motifs is 2. The molecular formula is C21H24FIN6O3S. The predicted molar refractivity (Wildman–Crippen MR) is 131 cm³/mol. The highest BCUT2D eigenvalue weighted by Crippen LogP contribution is 2.29. The number of aryl methyl sites for hydroxylation is 2. The highest BCUT2D eigenvalue weighted by Gasteiger charge is 2.23. The number of nitrogen functional groups attached to an aromatic ring is 1. The van der Waals surface area contributed by atoms with Crippen molar-refractivity contribution < 1.29 is 17.6 Å². The monoisotopic (exact) mass is 586 g/mol. The molecule has 0 amide bonds. The number of hydrogen-bond donors (Lipinski definition) is 2. The molecular weight excluding hydrogens is 562 g/mol. The van der Waals surface area contributed by atoms with Crippen LogP contribution in [0.1, 0.15) is 54.0 Å². The minimum absolute atomic E-state index is 0.0783. The Balaban J connectivity index is 1.69. The van der Waals surface area contributed by atoms with Gasteiger partial charge in [0.2, 0.25) is 10.0 Å². The van der Waals surface area contributed by atoms with Crippen LogP contribution in [0.2, 0.25) is 0 Å². The number of nitrogens with zero attached hydrogens (tertiary/aromatic N) is 4. The molecule has 1 aliphatic rings. The van der Waals surface area contributed by atoms with E-state index in [2.05, 4.69) is 42.3 Å². The fourth-order valence-electron chi connectivity index (χ4n) is 4.05. The van der Waals surface area contributed by atoms with Gasteiger partial charge in [0.05, 0.1) is 5.75 Å². The Kier molecular flexibility index (Phi) is 6.69. The second-order valence-corrected chi connectivity index (χ2v) is 11.4. The Labute approximate surface area is 204 Å². The maximum absolute atomic E-state index is 13.9. The number of sulfonamides is 1. The van der Waals surface area contributed by atoms with Crippen LogP contribution in [0.3, 0.4) is 0 Å². The van der Waals surface area contributed by atoms with Gasteiger partial charge < -0.3 is 10.3 Å². The van der Waals surface area contributed by atoms with E-state index in [-0.39, 0.29) is 47.5 Å². The summed E-state index contributed by atoms with van der Waals surface area (Å²) in [7, 11) is -3.45. The standard InChI is InChI=1S/C21H24FIN6O3S/c1-11(2)28-33(31,32)7-3-6-29-17(25-18-19(24)26-21(22)27-20(18)29)10-13-8-14-12(9-15(13)23)4-5-16(14)30/h8-9,11,28H,3-7,10H2,1-2H3,(H2,24,26,27). The fraction of sp³-hybridized carbons (Fsp3) is 0.429. The van der Waals surface area contributed by atoms with Crippen LogP contribution >= 0.6 is 22.6 Å². The predicted octanol–water partition coefficient (Wildman–Crippen LogP) is 2.59. The molecule has 0 saturated carbocycles. The van der Waals surface area contributed by atoms with E-state index in [1.807, 2.05) is 12.1 Å². The lowest BCUT2D eigenvalue weighted by Gasteiger charge is -2.12. The number of rotatable bonds is 8. The minimum Gasteiger partial charge on any atom is -0.382 e. The number of nitrogens with two attached hydrogens (primary N) is 1. The summed E-state index contributed by atoms with van der Waals surface area (Å²) in [6, 6.07) is 3.70. The number of benzene rings is 1. The molecule has 0 atom stereocenters. The third kappa shape index (κ3) is 5.17. The Morgan fingerprint density at radius 1 is 1.24 bits per heavy atom. The van der Waals surface area contributed by atoms with Gasteiger partial charge in [0.15, 0.2) is 22.8 Å². The normalized spacial score (nSPS) is 13.9. The van der Waals surface area contributed by atoms with E-state index in [0.29, 0.717) is 18.7 Å². The number of halogens is 2. The summed E-state index contributed by atoms with van der Waals surface area (Å²) in [5.74, 6) is 0.494. The van der Waals surface area contributed by atoms with Gasteiger partial charge in [-0.2, -0.15) is 14.4 Å². The minimum atomic E-state index is -3.45. The molecule has 4 rings (SSSR count). The van der Waals surface area contributed by atoms with Crippen molar-refractivity contribution in [2.75, 3.05) is 11.5 Å². The van der Waals surface area contributed by atoms with E-state index in [0.717, 1.165) is 26.7 Å². The zero-order valence-electron chi connectivity index (χ0n) is 18.2. The van der Waals surface area contributed by atoms with E-state index in [9.17, 15) is 17.6 Å². The molecule has 2 heterocycles. The summed E-state index contributed by atoms with van der Waals surface area (Å²) >= 11 is 2.23. The Hall–Kier alpha value is -2.19. The molecule has 3 N–H and O–H groups in total. The van der Waals surface area contributed by atoms with Crippen molar-refractivity contribution in [1.29, 1.82) is 0 Å². The van der Waals surface area contributed by atoms with Crippen molar-refractivity contribution >= 4 is 55.4 Å². The topological polar surface area (TPSA) is 133 Å². The van der Waals surface area contributed by atoms with Crippen LogP contribution in [-0.2, 0) is 29.4 Å². The first-order valence-electron chi connectivity index (χ1n) is 10.6. The average Bonchev–Trinajstić information content (AvgIpc) is 3.22. The van der Waals surface area contributed by atoms with Gasteiger partial charge in [-0.15, -0.1) is 0 Å². The molecule has 0 fully saturated rings. The first-order chi connectivity index (χ1) is 15.5. The van der Waals surface area contributed by atoms with Gasteiger partial charge in [0, 0.05) is 34.6 Å².